The zero-order chi connectivity index (χ0) is 17.0. The van der Waals surface area contributed by atoms with Crippen molar-refractivity contribution in [3.8, 4) is 10.4 Å². The molecule has 120 valence electrons. The predicted molar refractivity (Wildman–Crippen MR) is 87.9 cm³/mol. The van der Waals surface area contributed by atoms with Gasteiger partial charge in [0.05, 0.1) is 10.6 Å². The number of rotatable bonds is 4. The lowest BCUT2D eigenvalue weighted by atomic mass is 10.1. The molecule has 0 saturated heterocycles. The lowest BCUT2D eigenvalue weighted by Crippen LogP contribution is -2.26. The number of nitro benzene ring substituents is 1. The molecule has 0 spiro atoms. The summed E-state index contributed by atoms with van der Waals surface area (Å²) < 4.78 is 0. The van der Waals surface area contributed by atoms with Gasteiger partial charge in [0, 0.05) is 31.1 Å². The van der Waals surface area contributed by atoms with Crippen molar-refractivity contribution in [2.75, 3.05) is 19.4 Å². The molecule has 3 amide bonds. The number of anilines is 1. The van der Waals surface area contributed by atoms with Crippen LogP contribution in [0.1, 0.15) is 9.67 Å². The monoisotopic (exact) mass is 334 g/mol. The summed E-state index contributed by atoms with van der Waals surface area (Å²) in [4.78, 5) is 34.7. The van der Waals surface area contributed by atoms with Crippen molar-refractivity contribution in [3.63, 3.8) is 0 Å². The quantitative estimate of drug-likeness (QED) is 0.588. The number of carbonyl (C=O) groups excluding carboxylic acids is 2. The Hall–Kier alpha value is -2.94. The molecule has 0 fully saturated rings. The molecule has 0 bridgehead atoms. The fraction of sp³-hybridized carbons (Fsp3) is 0.143. The van der Waals surface area contributed by atoms with Gasteiger partial charge in [-0.3, -0.25) is 14.9 Å². The Labute approximate surface area is 135 Å². The second-order valence-electron chi connectivity index (χ2n) is 4.44. The van der Waals surface area contributed by atoms with Gasteiger partial charge in [-0.1, -0.05) is 0 Å². The van der Waals surface area contributed by atoms with Crippen molar-refractivity contribution in [3.05, 3.63) is 45.3 Å². The number of amides is 3. The third-order valence-electron chi connectivity index (χ3n) is 3.00. The topological polar surface area (TPSA) is 113 Å². The van der Waals surface area contributed by atoms with Gasteiger partial charge in [-0.05, 0) is 23.8 Å². The van der Waals surface area contributed by atoms with Gasteiger partial charge in [-0.25, -0.2) is 4.79 Å². The largest absolute Gasteiger partial charge is 0.354 e. The minimum absolute atomic E-state index is 0.0134. The van der Waals surface area contributed by atoms with Crippen LogP contribution in [0.2, 0.25) is 0 Å². The first kappa shape index (κ1) is 16.4. The lowest BCUT2D eigenvalue weighted by molar-refractivity contribution is -0.384. The van der Waals surface area contributed by atoms with Crippen molar-refractivity contribution < 1.29 is 14.5 Å². The molecule has 2 rings (SSSR count). The summed E-state index contributed by atoms with van der Waals surface area (Å²) in [5.74, 6) is -0.324. The number of hydrogen-bond acceptors (Lipinski definition) is 5. The second kappa shape index (κ2) is 6.88. The Kier molecular flexibility index (Phi) is 4.91. The SMILES string of the molecule is CNC(=O)Nc1cc(-c2ccc([N+](=O)[O-])cc2)sc1C(=O)NC. The van der Waals surface area contributed by atoms with E-state index in [1.54, 1.807) is 18.2 Å². The van der Waals surface area contributed by atoms with E-state index in [1.807, 2.05) is 0 Å². The molecule has 0 aliphatic carbocycles. The number of nitro groups is 1. The van der Waals surface area contributed by atoms with Gasteiger partial charge in [0.15, 0.2) is 0 Å². The minimum Gasteiger partial charge on any atom is -0.354 e. The zero-order valence-electron chi connectivity index (χ0n) is 12.4. The van der Waals surface area contributed by atoms with Gasteiger partial charge >= 0.3 is 6.03 Å². The Morgan fingerprint density at radius 1 is 1.13 bits per heavy atom. The highest BCUT2D eigenvalue weighted by atomic mass is 32.1. The number of nitrogens with one attached hydrogen (secondary N) is 3. The van der Waals surface area contributed by atoms with Crippen LogP contribution in [0.3, 0.4) is 0 Å². The van der Waals surface area contributed by atoms with Crippen molar-refractivity contribution >= 4 is 34.6 Å². The van der Waals surface area contributed by atoms with Crippen molar-refractivity contribution in [2.24, 2.45) is 0 Å². The summed E-state index contributed by atoms with van der Waals surface area (Å²) in [7, 11) is 2.97. The fourth-order valence-electron chi connectivity index (χ4n) is 1.84. The van der Waals surface area contributed by atoms with Crippen LogP contribution >= 0.6 is 11.3 Å². The Morgan fingerprint density at radius 3 is 2.30 bits per heavy atom. The molecule has 1 heterocycles. The van der Waals surface area contributed by atoms with Crippen LogP contribution in [0.4, 0.5) is 16.2 Å². The molecule has 8 nitrogen and oxygen atoms in total. The van der Waals surface area contributed by atoms with E-state index in [9.17, 15) is 19.7 Å². The molecule has 0 atom stereocenters. The van der Waals surface area contributed by atoms with E-state index >= 15 is 0 Å². The van der Waals surface area contributed by atoms with E-state index in [0.717, 1.165) is 5.56 Å². The van der Waals surface area contributed by atoms with E-state index in [-0.39, 0.29) is 11.6 Å². The molecule has 9 heteroatoms. The number of urea groups is 1. The molecule has 0 aliphatic heterocycles. The summed E-state index contributed by atoms with van der Waals surface area (Å²) in [5, 5.41) is 18.2. The number of non-ortho nitro benzene ring substituents is 1. The van der Waals surface area contributed by atoms with Gasteiger partial charge in [0.2, 0.25) is 0 Å². The summed E-state index contributed by atoms with van der Waals surface area (Å²) in [6.45, 7) is 0. The highest BCUT2D eigenvalue weighted by molar-refractivity contribution is 7.18. The van der Waals surface area contributed by atoms with Gasteiger partial charge in [0.1, 0.15) is 4.88 Å². The number of benzene rings is 1. The maximum atomic E-state index is 11.9. The molecule has 1 aromatic heterocycles. The molecule has 23 heavy (non-hydrogen) atoms. The number of hydrogen-bond donors (Lipinski definition) is 3. The predicted octanol–water partition coefficient (Wildman–Crippen LogP) is 2.43. The van der Waals surface area contributed by atoms with E-state index < -0.39 is 11.0 Å². The van der Waals surface area contributed by atoms with E-state index in [2.05, 4.69) is 16.0 Å². The highest BCUT2D eigenvalue weighted by Gasteiger charge is 2.18. The van der Waals surface area contributed by atoms with Crippen LogP contribution in [0, 0.1) is 10.1 Å². The molecular weight excluding hydrogens is 320 g/mol. The lowest BCUT2D eigenvalue weighted by Gasteiger charge is -2.04. The third kappa shape index (κ3) is 3.64. The van der Waals surface area contributed by atoms with E-state index in [1.165, 1.54) is 37.6 Å². The first-order chi connectivity index (χ1) is 11.0. The van der Waals surface area contributed by atoms with Crippen molar-refractivity contribution in [2.45, 2.75) is 0 Å². The summed E-state index contributed by atoms with van der Waals surface area (Å²) in [6.07, 6.45) is 0. The van der Waals surface area contributed by atoms with Crippen molar-refractivity contribution in [1.29, 1.82) is 0 Å². The number of thiophene rings is 1. The van der Waals surface area contributed by atoms with Gasteiger partial charge < -0.3 is 16.0 Å². The Balaban J connectivity index is 2.40. The first-order valence-electron chi connectivity index (χ1n) is 6.55. The molecule has 1 aromatic carbocycles. The van der Waals surface area contributed by atoms with Crippen LogP contribution in [0.15, 0.2) is 30.3 Å². The van der Waals surface area contributed by atoms with Crippen LogP contribution in [-0.2, 0) is 0 Å². The van der Waals surface area contributed by atoms with Crippen LogP contribution in [-0.4, -0.2) is 31.0 Å². The van der Waals surface area contributed by atoms with Crippen LogP contribution in [0.5, 0.6) is 0 Å². The molecule has 3 N–H and O–H groups in total. The molecule has 0 unspecified atom stereocenters. The smallest absolute Gasteiger partial charge is 0.319 e. The average Bonchev–Trinajstić information content (AvgIpc) is 2.97. The molecule has 0 radical (unpaired) electrons. The Morgan fingerprint density at radius 2 is 1.78 bits per heavy atom. The summed E-state index contributed by atoms with van der Waals surface area (Å²) >= 11 is 1.19. The van der Waals surface area contributed by atoms with Gasteiger partial charge in [-0.2, -0.15) is 0 Å². The average molecular weight is 334 g/mol. The Bertz CT molecular complexity index is 755. The third-order valence-corrected chi connectivity index (χ3v) is 4.19. The van der Waals surface area contributed by atoms with Crippen LogP contribution < -0.4 is 16.0 Å². The zero-order valence-corrected chi connectivity index (χ0v) is 13.2. The first-order valence-corrected chi connectivity index (χ1v) is 7.37. The summed E-state index contributed by atoms with van der Waals surface area (Å²) in [5.41, 5.74) is 1.08. The number of carbonyl (C=O) groups is 2. The fourth-order valence-corrected chi connectivity index (χ4v) is 2.91. The van der Waals surface area contributed by atoms with Gasteiger partial charge in [-0.15, -0.1) is 11.3 Å². The van der Waals surface area contributed by atoms with E-state index in [0.29, 0.717) is 15.4 Å². The van der Waals surface area contributed by atoms with Gasteiger partial charge in [0.25, 0.3) is 11.6 Å². The number of nitrogens with zero attached hydrogens (tertiary/aromatic N) is 1. The maximum absolute atomic E-state index is 11.9. The van der Waals surface area contributed by atoms with E-state index in [4.69, 9.17) is 0 Å². The van der Waals surface area contributed by atoms with Crippen molar-refractivity contribution in [1.82, 2.24) is 10.6 Å². The molecule has 0 saturated carbocycles. The molecule has 2 aromatic rings. The minimum atomic E-state index is -0.479. The second-order valence-corrected chi connectivity index (χ2v) is 5.49. The summed E-state index contributed by atoms with van der Waals surface area (Å²) in [6, 6.07) is 7.19. The maximum Gasteiger partial charge on any atom is 0.319 e. The normalized spacial score (nSPS) is 10.0. The standard InChI is InChI=1S/C14H14N4O4S/c1-15-13(19)12-10(17-14(20)16-2)7-11(23-12)8-3-5-9(6-4-8)18(21)22/h3-7H,1-2H3,(H,15,19)(H2,16,17,20). The molecular formula is C14H14N4O4S. The highest BCUT2D eigenvalue weighted by Crippen LogP contribution is 2.35. The molecule has 0 aliphatic rings. The van der Waals surface area contributed by atoms with Crippen LogP contribution in [0.25, 0.3) is 10.4 Å².